The largest absolute Gasteiger partial charge is 0.481 e. The maximum absolute atomic E-state index is 13.1. The molecule has 1 fully saturated rings. The Labute approximate surface area is 130 Å². The first-order chi connectivity index (χ1) is 9.79. The molecule has 1 aromatic carbocycles. The highest BCUT2D eigenvalue weighted by atomic mass is 35.5. The van der Waals surface area contributed by atoms with Gasteiger partial charge in [-0.15, -0.1) is 0 Å². The molecule has 5 nitrogen and oxygen atoms in total. The number of hydrogen-bond donors (Lipinski definition) is 2. The Balaban J connectivity index is 2.11. The lowest BCUT2D eigenvalue weighted by Gasteiger charge is -2.18. The molecular weight excluding hydrogens is 322 g/mol. The number of likely N-dealkylation sites (tertiary alicyclic amines) is 1. The van der Waals surface area contributed by atoms with Crippen molar-refractivity contribution in [3.8, 4) is 0 Å². The predicted molar refractivity (Wildman–Crippen MR) is 77.3 cm³/mol. The van der Waals surface area contributed by atoms with Gasteiger partial charge in [0.2, 0.25) is 0 Å². The lowest BCUT2D eigenvalue weighted by molar-refractivity contribution is -0.142. The monoisotopic (exact) mass is 334 g/mol. The van der Waals surface area contributed by atoms with Gasteiger partial charge in [0.15, 0.2) is 0 Å². The molecule has 1 aromatic rings. The average Bonchev–Trinajstić information content (AvgIpc) is 2.75. The van der Waals surface area contributed by atoms with Crippen molar-refractivity contribution in [2.75, 3.05) is 18.4 Å². The number of rotatable bonds is 2. The maximum atomic E-state index is 13.1. The number of anilines is 1. The Morgan fingerprint density at radius 2 is 1.90 bits per heavy atom. The van der Waals surface area contributed by atoms with Crippen molar-refractivity contribution >= 4 is 40.9 Å². The topological polar surface area (TPSA) is 69.6 Å². The molecule has 2 atom stereocenters. The van der Waals surface area contributed by atoms with Crippen molar-refractivity contribution in [3.05, 3.63) is 28.0 Å². The molecule has 1 aliphatic heterocycles. The van der Waals surface area contributed by atoms with Gasteiger partial charge in [0.25, 0.3) is 0 Å². The molecule has 0 bridgehead atoms. The van der Waals surface area contributed by atoms with E-state index < -0.39 is 23.7 Å². The third-order valence-corrected chi connectivity index (χ3v) is 4.05. The van der Waals surface area contributed by atoms with Gasteiger partial charge in [-0.3, -0.25) is 4.79 Å². The lowest BCUT2D eigenvalue weighted by atomic mass is 9.99. The zero-order chi connectivity index (χ0) is 15.7. The quantitative estimate of drug-likeness (QED) is 0.871. The summed E-state index contributed by atoms with van der Waals surface area (Å²) in [7, 11) is 0. The third kappa shape index (κ3) is 3.39. The van der Waals surface area contributed by atoms with Crippen LogP contribution in [-0.4, -0.2) is 35.1 Å². The summed E-state index contributed by atoms with van der Waals surface area (Å²) in [5, 5.41) is 11.5. The van der Waals surface area contributed by atoms with Crippen LogP contribution >= 0.6 is 23.2 Å². The van der Waals surface area contributed by atoms with E-state index >= 15 is 0 Å². The van der Waals surface area contributed by atoms with E-state index in [1.807, 2.05) is 0 Å². The van der Waals surface area contributed by atoms with Gasteiger partial charge < -0.3 is 15.3 Å². The molecule has 2 N–H and O–H groups in total. The van der Waals surface area contributed by atoms with Gasteiger partial charge in [0.1, 0.15) is 5.82 Å². The minimum Gasteiger partial charge on any atom is -0.481 e. The van der Waals surface area contributed by atoms with Gasteiger partial charge in [-0.1, -0.05) is 30.1 Å². The number of amides is 2. The number of carbonyl (C=O) groups excluding carboxylic acids is 1. The van der Waals surface area contributed by atoms with Gasteiger partial charge in [0.05, 0.1) is 21.7 Å². The van der Waals surface area contributed by atoms with E-state index in [0.29, 0.717) is 6.54 Å². The van der Waals surface area contributed by atoms with Crippen LogP contribution in [0.2, 0.25) is 10.0 Å². The second-order valence-electron chi connectivity index (χ2n) is 5.00. The molecule has 0 radical (unpaired) electrons. The fourth-order valence-electron chi connectivity index (χ4n) is 2.30. The Morgan fingerprint density at radius 3 is 2.38 bits per heavy atom. The van der Waals surface area contributed by atoms with Crippen LogP contribution in [0.1, 0.15) is 6.92 Å². The van der Waals surface area contributed by atoms with Crippen molar-refractivity contribution in [2.45, 2.75) is 6.92 Å². The second-order valence-corrected chi connectivity index (χ2v) is 5.82. The average molecular weight is 335 g/mol. The first-order valence-corrected chi connectivity index (χ1v) is 6.98. The van der Waals surface area contributed by atoms with Crippen LogP contribution in [0, 0.1) is 17.7 Å². The minimum absolute atomic E-state index is 0.0182. The van der Waals surface area contributed by atoms with Crippen LogP contribution < -0.4 is 5.32 Å². The fraction of sp³-hybridized carbons (Fsp3) is 0.385. The van der Waals surface area contributed by atoms with E-state index in [2.05, 4.69) is 5.32 Å². The van der Waals surface area contributed by atoms with Crippen LogP contribution in [-0.2, 0) is 4.79 Å². The molecule has 0 spiro atoms. The van der Waals surface area contributed by atoms with Crippen LogP contribution in [0.15, 0.2) is 12.1 Å². The number of aliphatic carboxylic acids is 1. The molecule has 8 heteroatoms. The van der Waals surface area contributed by atoms with Gasteiger partial charge >= 0.3 is 12.0 Å². The van der Waals surface area contributed by atoms with Crippen molar-refractivity contribution in [1.82, 2.24) is 4.90 Å². The van der Waals surface area contributed by atoms with Crippen LogP contribution in [0.3, 0.4) is 0 Å². The molecule has 1 saturated heterocycles. The van der Waals surface area contributed by atoms with E-state index in [4.69, 9.17) is 28.3 Å². The maximum Gasteiger partial charge on any atom is 0.321 e. The number of urea groups is 1. The van der Waals surface area contributed by atoms with Crippen molar-refractivity contribution in [1.29, 1.82) is 0 Å². The summed E-state index contributed by atoms with van der Waals surface area (Å²) in [6.07, 6.45) is 0. The summed E-state index contributed by atoms with van der Waals surface area (Å²) in [5.41, 5.74) is 0.108. The summed E-state index contributed by atoms with van der Waals surface area (Å²) < 4.78 is 13.1. The van der Waals surface area contributed by atoms with Crippen molar-refractivity contribution < 1.29 is 19.1 Å². The molecular formula is C13H13Cl2FN2O3. The smallest absolute Gasteiger partial charge is 0.321 e. The zero-order valence-electron chi connectivity index (χ0n) is 11.1. The third-order valence-electron chi connectivity index (χ3n) is 3.46. The molecule has 0 aromatic heterocycles. The van der Waals surface area contributed by atoms with Gasteiger partial charge in [-0.25, -0.2) is 9.18 Å². The standard InChI is InChI=1S/C13H13Cl2FN2O3/c1-6-4-18(5-8(6)12(19)20)13(21)17-11-9(14)2-7(16)3-10(11)15/h2-3,6,8H,4-5H2,1H3,(H,17,21)(H,19,20). The molecule has 2 amide bonds. The number of nitrogens with one attached hydrogen (secondary N) is 1. The number of nitrogens with zero attached hydrogens (tertiary/aromatic N) is 1. The van der Waals surface area contributed by atoms with Crippen LogP contribution in [0.25, 0.3) is 0 Å². The number of halogens is 3. The van der Waals surface area contributed by atoms with Gasteiger partial charge in [-0.2, -0.15) is 0 Å². The number of carbonyl (C=O) groups is 2. The number of carboxylic acids is 1. The molecule has 1 aliphatic rings. The SMILES string of the molecule is CC1CN(C(=O)Nc2c(Cl)cc(F)cc2Cl)CC1C(=O)O. The lowest BCUT2D eigenvalue weighted by Crippen LogP contribution is -2.34. The first kappa shape index (κ1) is 15.9. The normalized spacial score (nSPS) is 21.4. The Morgan fingerprint density at radius 1 is 1.33 bits per heavy atom. The first-order valence-electron chi connectivity index (χ1n) is 6.23. The van der Waals surface area contributed by atoms with Crippen molar-refractivity contribution in [2.24, 2.45) is 11.8 Å². The zero-order valence-corrected chi connectivity index (χ0v) is 12.6. The molecule has 0 saturated carbocycles. The number of carboxylic acid groups (broad SMARTS) is 1. The molecule has 2 rings (SSSR count). The van der Waals surface area contributed by atoms with E-state index in [1.54, 1.807) is 6.92 Å². The Kier molecular flexibility index (Phi) is 4.58. The van der Waals surface area contributed by atoms with E-state index in [-0.39, 0.29) is 28.2 Å². The predicted octanol–water partition coefficient (Wildman–Crippen LogP) is 3.32. The molecule has 21 heavy (non-hydrogen) atoms. The van der Waals surface area contributed by atoms with Gasteiger partial charge in [0, 0.05) is 13.1 Å². The molecule has 2 unspecified atom stereocenters. The molecule has 0 aliphatic carbocycles. The highest BCUT2D eigenvalue weighted by molar-refractivity contribution is 6.39. The molecule has 114 valence electrons. The number of hydrogen-bond acceptors (Lipinski definition) is 2. The van der Waals surface area contributed by atoms with Crippen LogP contribution in [0.4, 0.5) is 14.9 Å². The molecule has 1 heterocycles. The highest BCUT2D eigenvalue weighted by Crippen LogP contribution is 2.32. The van der Waals surface area contributed by atoms with E-state index in [1.165, 1.54) is 4.90 Å². The Bertz CT molecular complexity index is 574. The van der Waals surface area contributed by atoms with Gasteiger partial charge in [-0.05, 0) is 18.1 Å². The summed E-state index contributed by atoms with van der Waals surface area (Å²) in [5.74, 6) is -2.29. The summed E-state index contributed by atoms with van der Waals surface area (Å²) in [6.45, 7) is 2.20. The highest BCUT2D eigenvalue weighted by Gasteiger charge is 2.37. The summed E-state index contributed by atoms with van der Waals surface area (Å²) in [4.78, 5) is 24.5. The number of benzene rings is 1. The van der Waals surface area contributed by atoms with E-state index in [9.17, 15) is 14.0 Å². The Hall–Kier alpha value is -1.53. The van der Waals surface area contributed by atoms with E-state index in [0.717, 1.165) is 12.1 Å². The minimum atomic E-state index is -0.935. The van der Waals surface area contributed by atoms with Crippen LogP contribution in [0.5, 0.6) is 0 Å². The summed E-state index contributed by atoms with van der Waals surface area (Å²) >= 11 is 11.7. The second kappa shape index (κ2) is 6.07. The van der Waals surface area contributed by atoms with Crippen molar-refractivity contribution in [3.63, 3.8) is 0 Å². The summed E-state index contributed by atoms with van der Waals surface area (Å²) in [6, 6.07) is 1.56. The fourth-order valence-corrected chi connectivity index (χ4v) is 2.86.